The molecule has 200 valence electrons. The second-order valence-corrected chi connectivity index (χ2v) is 13.3. The van der Waals surface area contributed by atoms with Gasteiger partial charge in [-0.3, -0.25) is 0 Å². The van der Waals surface area contributed by atoms with E-state index in [4.69, 9.17) is 9.72 Å². The molecule has 5 rings (SSSR count). The number of nitrogens with one attached hydrogen (secondary N) is 2. The fraction of sp³-hybridized carbons (Fsp3) is 0.179. The monoisotopic (exact) mass is 671 g/mol. The van der Waals surface area contributed by atoms with Crippen molar-refractivity contribution in [2.75, 3.05) is 23.9 Å². The van der Waals surface area contributed by atoms with E-state index in [9.17, 15) is 8.42 Å². The van der Waals surface area contributed by atoms with Crippen LogP contribution in [0.25, 0.3) is 22.2 Å². The number of aromatic nitrogens is 3. The summed E-state index contributed by atoms with van der Waals surface area (Å²) in [7, 11) is -2.99. The Kier molecular flexibility index (Phi) is 8.70. The molecule has 3 aromatic carbocycles. The van der Waals surface area contributed by atoms with Crippen LogP contribution in [-0.2, 0) is 23.0 Å². The van der Waals surface area contributed by atoms with Gasteiger partial charge >= 0.3 is 0 Å². The van der Waals surface area contributed by atoms with Gasteiger partial charge in [-0.25, -0.2) is 23.4 Å². The highest BCUT2D eigenvalue weighted by molar-refractivity contribution is 14.1. The Morgan fingerprint density at radius 3 is 2.67 bits per heavy atom. The minimum atomic E-state index is -2.99. The van der Waals surface area contributed by atoms with Crippen molar-refractivity contribution < 1.29 is 13.2 Å². The zero-order valence-corrected chi connectivity index (χ0v) is 24.9. The quantitative estimate of drug-likeness (QED) is 0.134. The fourth-order valence-corrected chi connectivity index (χ4v) is 5.82. The molecule has 11 heteroatoms. The number of fused-ring (bicyclic) bond motifs is 1. The standard InChI is InChI=1S/C28H26IN5O3S2/c1-39(35,36)12-11-30-15-27-34-25(17-38-27)20-7-9-24-22(13-20)28(32-18-31-24)33-21-8-10-26(23(29)14-21)37-16-19-5-3-2-4-6-19/h2-10,13-14,17-18,30H,11-12,15-16H2,1H3,(H,31,32,33). The lowest BCUT2D eigenvalue weighted by Crippen LogP contribution is -2.21. The van der Waals surface area contributed by atoms with E-state index in [2.05, 4.69) is 43.2 Å². The number of thiazole rings is 1. The third-order valence-electron chi connectivity index (χ3n) is 5.84. The molecule has 0 aliphatic heterocycles. The average Bonchev–Trinajstić information content (AvgIpc) is 3.40. The molecule has 0 saturated heterocycles. The molecular weight excluding hydrogens is 645 g/mol. The van der Waals surface area contributed by atoms with Crippen molar-refractivity contribution in [3.63, 3.8) is 0 Å². The van der Waals surface area contributed by atoms with Gasteiger partial charge < -0.3 is 15.4 Å². The van der Waals surface area contributed by atoms with Gasteiger partial charge in [0.05, 0.1) is 20.5 Å². The maximum Gasteiger partial charge on any atom is 0.148 e. The van der Waals surface area contributed by atoms with E-state index in [1.165, 1.54) is 17.6 Å². The van der Waals surface area contributed by atoms with Gasteiger partial charge in [-0.15, -0.1) is 11.3 Å². The summed E-state index contributed by atoms with van der Waals surface area (Å²) in [6, 6.07) is 22.1. The summed E-state index contributed by atoms with van der Waals surface area (Å²) in [4.78, 5) is 13.7. The Labute approximate surface area is 245 Å². The number of nitrogens with zero attached hydrogens (tertiary/aromatic N) is 3. The molecule has 8 nitrogen and oxygen atoms in total. The molecule has 0 fully saturated rings. The molecule has 0 radical (unpaired) electrons. The molecule has 39 heavy (non-hydrogen) atoms. The normalized spacial score (nSPS) is 11.5. The minimum Gasteiger partial charge on any atom is -0.488 e. The molecule has 0 aliphatic carbocycles. The van der Waals surface area contributed by atoms with E-state index in [-0.39, 0.29) is 5.75 Å². The summed E-state index contributed by atoms with van der Waals surface area (Å²) in [5.41, 5.74) is 4.65. The highest BCUT2D eigenvalue weighted by Gasteiger charge is 2.11. The Hall–Kier alpha value is -3.13. The summed E-state index contributed by atoms with van der Waals surface area (Å²) in [6.45, 7) is 1.43. The van der Waals surface area contributed by atoms with Gasteiger partial charge in [-0.2, -0.15) is 0 Å². The molecule has 0 bridgehead atoms. The van der Waals surface area contributed by atoms with Gasteiger partial charge in [0, 0.05) is 41.4 Å². The second-order valence-electron chi connectivity index (χ2n) is 8.93. The predicted molar refractivity (Wildman–Crippen MR) is 165 cm³/mol. The van der Waals surface area contributed by atoms with Gasteiger partial charge in [0.15, 0.2) is 0 Å². The van der Waals surface area contributed by atoms with Crippen LogP contribution in [0.15, 0.2) is 78.4 Å². The third-order valence-corrected chi connectivity index (χ3v) is 8.48. The molecule has 2 heterocycles. The number of halogens is 1. The Morgan fingerprint density at radius 2 is 1.87 bits per heavy atom. The summed E-state index contributed by atoms with van der Waals surface area (Å²) in [6.07, 6.45) is 2.79. The summed E-state index contributed by atoms with van der Waals surface area (Å²) < 4.78 is 29.6. The van der Waals surface area contributed by atoms with E-state index in [0.29, 0.717) is 25.5 Å². The topological polar surface area (TPSA) is 106 Å². The van der Waals surface area contributed by atoms with Crippen LogP contribution in [-0.4, -0.2) is 41.9 Å². The van der Waals surface area contributed by atoms with Crippen molar-refractivity contribution in [3.8, 4) is 17.0 Å². The van der Waals surface area contributed by atoms with Gasteiger partial charge in [-0.1, -0.05) is 36.4 Å². The van der Waals surface area contributed by atoms with E-state index >= 15 is 0 Å². The molecule has 5 aromatic rings. The zero-order valence-electron chi connectivity index (χ0n) is 21.1. The van der Waals surface area contributed by atoms with Crippen LogP contribution in [0.2, 0.25) is 0 Å². The predicted octanol–water partition coefficient (Wildman–Crippen LogP) is 5.81. The highest BCUT2D eigenvalue weighted by Crippen LogP contribution is 2.31. The number of rotatable bonds is 11. The summed E-state index contributed by atoms with van der Waals surface area (Å²) in [5, 5.41) is 10.4. The number of ether oxygens (including phenoxy) is 1. The van der Waals surface area contributed by atoms with Gasteiger partial charge in [0.2, 0.25) is 0 Å². The number of hydrogen-bond donors (Lipinski definition) is 2. The van der Waals surface area contributed by atoms with Crippen LogP contribution in [0, 0.1) is 3.57 Å². The van der Waals surface area contributed by atoms with Crippen LogP contribution >= 0.6 is 33.9 Å². The first-order valence-electron chi connectivity index (χ1n) is 12.2. The van der Waals surface area contributed by atoms with Crippen LogP contribution in [0.1, 0.15) is 10.6 Å². The van der Waals surface area contributed by atoms with Crippen molar-refractivity contribution in [2.45, 2.75) is 13.2 Å². The molecule has 0 saturated carbocycles. The Morgan fingerprint density at radius 1 is 1.03 bits per heavy atom. The van der Waals surface area contributed by atoms with Crippen molar-refractivity contribution >= 4 is 66.2 Å². The van der Waals surface area contributed by atoms with Gasteiger partial charge in [-0.05, 0) is 58.5 Å². The lowest BCUT2D eigenvalue weighted by atomic mass is 10.1. The first kappa shape index (κ1) is 27.4. The lowest BCUT2D eigenvalue weighted by molar-refractivity contribution is 0.304. The van der Waals surface area contributed by atoms with E-state index < -0.39 is 9.84 Å². The third kappa shape index (κ3) is 7.50. The van der Waals surface area contributed by atoms with Crippen molar-refractivity contribution in [1.82, 2.24) is 20.3 Å². The SMILES string of the molecule is CS(=O)(=O)CCNCc1nc(-c2ccc3ncnc(Nc4ccc(OCc5ccccc5)c(I)c4)c3c2)cs1. The highest BCUT2D eigenvalue weighted by atomic mass is 127. The number of sulfone groups is 1. The van der Waals surface area contributed by atoms with Crippen molar-refractivity contribution in [1.29, 1.82) is 0 Å². The molecule has 2 N–H and O–H groups in total. The van der Waals surface area contributed by atoms with Crippen LogP contribution in [0.5, 0.6) is 5.75 Å². The molecule has 0 unspecified atom stereocenters. The fourth-order valence-electron chi connectivity index (χ4n) is 3.86. The Bertz CT molecular complexity index is 1690. The lowest BCUT2D eigenvalue weighted by Gasteiger charge is -2.12. The molecular formula is C28H26IN5O3S2. The molecule has 0 atom stereocenters. The second kappa shape index (κ2) is 12.4. The average molecular weight is 672 g/mol. The van der Waals surface area contributed by atoms with Gasteiger partial charge in [0.1, 0.15) is 39.3 Å². The van der Waals surface area contributed by atoms with E-state index in [0.717, 1.165) is 47.7 Å². The number of benzene rings is 3. The minimum absolute atomic E-state index is 0.105. The summed E-state index contributed by atoms with van der Waals surface area (Å²) >= 11 is 3.82. The zero-order chi connectivity index (χ0) is 27.2. The van der Waals surface area contributed by atoms with E-state index in [1.54, 1.807) is 6.33 Å². The largest absolute Gasteiger partial charge is 0.488 e. The van der Waals surface area contributed by atoms with Crippen LogP contribution < -0.4 is 15.4 Å². The summed E-state index contributed by atoms with van der Waals surface area (Å²) in [5.74, 6) is 1.63. The van der Waals surface area contributed by atoms with Crippen molar-refractivity contribution in [3.05, 3.63) is 92.6 Å². The van der Waals surface area contributed by atoms with Crippen molar-refractivity contribution in [2.24, 2.45) is 0 Å². The molecule has 0 aliphatic rings. The van der Waals surface area contributed by atoms with Gasteiger partial charge in [0.25, 0.3) is 0 Å². The smallest absolute Gasteiger partial charge is 0.148 e. The molecule has 0 amide bonds. The number of hydrogen-bond acceptors (Lipinski definition) is 9. The first-order chi connectivity index (χ1) is 18.8. The Balaban J connectivity index is 1.30. The molecule has 2 aromatic heterocycles. The van der Waals surface area contributed by atoms with Crippen LogP contribution in [0.4, 0.5) is 11.5 Å². The maximum atomic E-state index is 11.3. The van der Waals surface area contributed by atoms with Crippen LogP contribution in [0.3, 0.4) is 0 Å². The van der Waals surface area contributed by atoms with E-state index in [1.807, 2.05) is 72.1 Å². The molecule has 0 spiro atoms. The number of anilines is 2. The first-order valence-corrected chi connectivity index (χ1v) is 16.2. The maximum absolute atomic E-state index is 11.3.